The number of carbonyl (C=O) groups is 4. The number of hydrogen-bond acceptors (Lipinski definition) is 8. The maximum absolute atomic E-state index is 14.4. The number of amides is 2. The second kappa shape index (κ2) is 19.9. The van der Waals surface area contributed by atoms with Gasteiger partial charge in [0.2, 0.25) is 11.8 Å². The maximum atomic E-state index is 14.4. The topological polar surface area (TPSA) is 192 Å². The van der Waals surface area contributed by atoms with Crippen molar-refractivity contribution in [2.45, 2.75) is 69.9 Å². The number of Topliss-reactive ketones (excluding diaryl/α,β-unsaturated/α-hetero) is 2. The minimum atomic E-state index is -0.981. The van der Waals surface area contributed by atoms with E-state index in [1.54, 1.807) is 68.2 Å². The van der Waals surface area contributed by atoms with Crippen molar-refractivity contribution in [2.75, 3.05) is 13.7 Å². The Morgan fingerprint density at radius 3 is 2.17 bits per heavy atom. The summed E-state index contributed by atoms with van der Waals surface area (Å²) in [5.74, 6) is -1.35. The second-order valence-corrected chi connectivity index (χ2v) is 15.1. The van der Waals surface area contributed by atoms with Crippen molar-refractivity contribution in [3.05, 3.63) is 125 Å². The Balaban J connectivity index is 1.23. The maximum Gasteiger partial charge on any atom is 0.224 e. The molecule has 3 aromatic heterocycles. The van der Waals surface area contributed by atoms with Gasteiger partial charge in [0, 0.05) is 83.2 Å². The molecule has 3 atom stereocenters. The number of nitrogens with one attached hydrogen (secondary N) is 4. The average molecular weight is 805 g/mol. The third-order valence-corrected chi connectivity index (χ3v) is 10.7. The summed E-state index contributed by atoms with van der Waals surface area (Å²) in [6.07, 6.45) is 9.29. The lowest BCUT2D eigenvalue weighted by atomic mass is 9.88. The number of aromatic nitrogens is 3. The van der Waals surface area contributed by atoms with Crippen LogP contribution in [0.1, 0.15) is 54.4 Å². The molecule has 0 fully saturated rings. The normalized spacial score (nSPS) is 12.9. The molecular weight excluding hydrogens is 756 g/mol. The number of pyridine rings is 1. The van der Waals surface area contributed by atoms with Crippen molar-refractivity contribution >= 4 is 56.8 Å². The SMILES string of the molecule is COc1ccc2[nH]cc(CCCC(=O)[C@H](Cc3ccncc3)NC(=O)[C@@H](CC(=O)[C@H](Cc3c[nH]c4ccc(O)cc34)NC(=O)CCCN)Cc3ccc(Cl)cc3)c2c1. The molecule has 6 rings (SSSR count). The number of nitrogens with zero attached hydrogens (tertiary/aromatic N) is 1. The molecule has 12 nitrogen and oxygen atoms in total. The molecule has 0 aliphatic rings. The van der Waals surface area contributed by atoms with Gasteiger partial charge in [0.25, 0.3) is 0 Å². The molecule has 2 amide bonds. The summed E-state index contributed by atoms with van der Waals surface area (Å²) in [5, 5.41) is 18.4. The average Bonchev–Trinajstić information content (AvgIpc) is 3.82. The molecule has 0 saturated heterocycles. The summed E-state index contributed by atoms with van der Waals surface area (Å²) >= 11 is 6.19. The standard InChI is InChI=1S/C45H49ClN6O6/c1-58-35-12-14-39-37(25-35)30(26-49-39)4-2-5-42(54)40(21-29-15-18-48-19-16-29)52-45(57)31(20-28-7-9-33(46)10-8-28)23-43(55)41(51-44(56)6-3-17-47)22-32-27-50-38-13-11-34(53)24-36(32)38/h7-16,18-19,24-27,31,40-41,49-50,53H,2-6,17,20-23,47H2,1H3,(H,51,56)(H,52,57)/t31-,40+,41+/m1/s1. The molecule has 0 aliphatic heterocycles. The van der Waals surface area contributed by atoms with E-state index in [0.717, 1.165) is 44.4 Å². The van der Waals surface area contributed by atoms with E-state index < -0.39 is 23.9 Å². The highest BCUT2D eigenvalue weighted by molar-refractivity contribution is 6.30. The van der Waals surface area contributed by atoms with Gasteiger partial charge in [0.15, 0.2) is 11.6 Å². The van der Waals surface area contributed by atoms with Crippen LogP contribution in [0, 0.1) is 5.92 Å². The lowest BCUT2D eigenvalue weighted by molar-refractivity contribution is -0.133. The Labute approximate surface area is 341 Å². The fourth-order valence-corrected chi connectivity index (χ4v) is 7.41. The van der Waals surface area contributed by atoms with Crippen LogP contribution in [0.5, 0.6) is 11.5 Å². The number of ether oxygens (including phenoxy) is 1. The van der Waals surface area contributed by atoms with Crippen molar-refractivity contribution in [3.8, 4) is 11.5 Å². The summed E-state index contributed by atoms with van der Waals surface area (Å²) in [7, 11) is 1.62. The smallest absolute Gasteiger partial charge is 0.224 e. The molecule has 302 valence electrons. The molecule has 6 aromatic rings. The molecule has 0 spiro atoms. The first-order chi connectivity index (χ1) is 28.1. The third-order valence-electron chi connectivity index (χ3n) is 10.5. The van der Waals surface area contributed by atoms with Gasteiger partial charge in [0.1, 0.15) is 11.5 Å². The lowest BCUT2D eigenvalue weighted by Crippen LogP contribution is -2.48. The van der Waals surface area contributed by atoms with Crippen molar-refractivity contribution in [1.82, 2.24) is 25.6 Å². The number of benzene rings is 3. The number of halogens is 1. The number of nitrogens with two attached hydrogens (primary N) is 1. The quantitative estimate of drug-likeness (QED) is 0.0487. The van der Waals surface area contributed by atoms with Crippen LogP contribution in [0.4, 0.5) is 0 Å². The van der Waals surface area contributed by atoms with E-state index in [2.05, 4.69) is 25.6 Å². The monoisotopic (exact) mass is 804 g/mol. The third kappa shape index (κ3) is 11.1. The Bertz CT molecular complexity index is 2340. The first kappa shape index (κ1) is 41.6. The Hall–Kier alpha value is -5.98. The minimum Gasteiger partial charge on any atom is -0.508 e. The Morgan fingerprint density at radius 1 is 0.776 bits per heavy atom. The van der Waals surface area contributed by atoms with Crippen molar-refractivity contribution < 1.29 is 29.0 Å². The zero-order chi connectivity index (χ0) is 41.0. The van der Waals surface area contributed by atoms with Crippen molar-refractivity contribution in [3.63, 3.8) is 0 Å². The number of ketones is 2. The van der Waals surface area contributed by atoms with Crippen LogP contribution in [0.15, 0.2) is 97.6 Å². The number of aromatic amines is 2. The van der Waals surface area contributed by atoms with Gasteiger partial charge in [-0.1, -0.05) is 23.7 Å². The van der Waals surface area contributed by atoms with Crippen LogP contribution in [-0.4, -0.2) is 69.2 Å². The minimum absolute atomic E-state index is 0.0670. The summed E-state index contributed by atoms with van der Waals surface area (Å²) < 4.78 is 5.41. The van der Waals surface area contributed by atoms with Crippen LogP contribution in [0.3, 0.4) is 0 Å². The van der Waals surface area contributed by atoms with Crippen LogP contribution in [0.2, 0.25) is 5.02 Å². The zero-order valence-electron chi connectivity index (χ0n) is 32.4. The fourth-order valence-electron chi connectivity index (χ4n) is 7.29. The first-order valence-electron chi connectivity index (χ1n) is 19.5. The van der Waals surface area contributed by atoms with E-state index in [1.807, 2.05) is 36.5 Å². The van der Waals surface area contributed by atoms with Crippen LogP contribution in [0.25, 0.3) is 21.8 Å². The predicted molar refractivity (Wildman–Crippen MR) is 225 cm³/mol. The molecule has 0 bridgehead atoms. The lowest BCUT2D eigenvalue weighted by Gasteiger charge is -2.24. The summed E-state index contributed by atoms with van der Waals surface area (Å²) in [6.45, 7) is 0.314. The molecule has 0 unspecified atom stereocenters. The van der Waals surface area contributed by atoms with Gasteiger partial charge in [-0.25, -0.2) is 0 Å². The molecule has 3 aromatic carbocycles. The number of aryl methyl sites for hydroxylation is 1. The highest BCUT2D eigenvalue weighted by Gasteiger charge is 2.31. The number of carbonyl (C=O) groups excluding carboxylic acids is 4. The number of H-pyrrole nitrogens is 2. The number of phenolic OH excluding ortho intramolecular Hbond substituents is 1. The predicted octanol–water partition coefficient (Wildman–Crippen LogP) is 6.32. The molecule has 3 heterocycles. The van der Waals surface area contributed by atoms with Crippen molar-refractivity contribution in [2.24, 2.45) is 11.7 Å². The highest BCUT2D eigenvalue weighted by Crippen LogP contribution is 2.27. The summed E-state index contributed by atoms with van der Waals surface area (Å²) in [6, 6.07) is 19.5. The van der Waals surface area contributed by atoms with Gasteiger partial charge in [-0.15, -0.1) is 0 Å². The van der Waals surface area contributed by atoms with E-state index >= 15 is 0 Å². The number of rotatable bonds is 21. The van der Waals surface area contributed by atoms with Gasteiger partial charge in [0.05, 0.1) is 19.2 Å². The number of fused-ring (bicyclic) bond motifs is 2. The summed E-state index contributed by atoms with van der Waals surface area (Å²) in [4.78, 5) is 66.4. The summed E-state index contributed by atoms with van der Waals surface area (Å²) in [5.41, 5.74) is 10.8. The van der Waals surface area contributed by atoms with Gasteiger partial charge >= 0.3 is 0 Å². The Morgan fingerprint density at radius 2 is 1.45 bits per heavy atom. The molecule has 0 aliphatic carbocycles. The van der Waals surface area contributed by atoms with E-state index in [-0.39, 0.29) is 61.7 Å². The van der Waals surface area contributed by atoms with E-state index in [9.17, 15) is 24.3 Å². The zero-order valence-corrected chi connectivity index (χ0v) is 33.2. The van der Waals surface area contributed by atoms with Crippen LogP contribution in [-0.2, 0) is 44.9 Å². The number of phenols is 1. The van der Waals surface area contributed by atoms with E-state index in [4.69, 9.17) is 22.1 Å². The number of aromatic hydroxyl groups is 1. The molecular formula is C45H49ClN6O6. The van der Waals surface area contributed by atoms with Gasteiger partial charge < -0.3 is 36.2 Å². The van der Waals surface area contributed by atoms with Crippen LogP contribution >= 0.6 is 11.6 Å². The largest absolute Gasteiger partial charge is 0.508 e. The molecule has 0 saturated carbocycles. The van der Waals surface area contributed by atoms with E-state index in [1.165, 1.54) is 0 Å². The fraction of sp³-hybridized carbons (Fsp3) is 0.311. The number of methoxy groups -OCH3 is 1. The van der Waals surface area contributed by atoms with E-state index in [0.29, 0.717) is 36.2 Å². The van der Waals surface area contributed by atoms with Gasteiger partial charge in [-0.05, 0) is 122 Å². The van der Waals surface area contributed by atoms with Crippen molar-refractivity contribution in [1.29, 1.82) is 0 Å². The molecule has 7 N–H and O–H groups in total. The molecule has 58 heavy (non-hydrogen) atoms. The highest BCUT2D eigenvalue weighted by atomic mass is 35.5. The molecule has 13 heteroatoms. The van der Waals surface area contributed by atoms with Gasteiger partial charge in [-0.2, -0.15) is 0 Å². The van der Waals surface area contributed by atoms with Crippen LogP contribution < -0.4 is 21.1 Å². The Kier molecular flexibility index (Phi) is 14.3. The molecule has 0 radical (unpaired) electrons. The first-order valence-corrected chi connectivity index (χ1v) is 19.9. The second-order valence-electron chi connectivity index (χ2n) is 14.6. The van der Waals surface area contributed by atoms with Gasteiger partial charge in [-0.3, -0.25) is 24.2 Å². The number of hydrogen-bond donors (Lipinski definition) is 6.